The maximum absolute atomic E-state index is 11.4. The van der Waals surface area contributed by atoms with E-state index < -0.39 is 12.0 Å². The predicted octanol–water partition coefficient (Wildman–Crippen LogP) is 2.21. The van der Waals surface area contributed by atoms with Crippen LogP contribution in [0, 0.1) is 0 Å². The van der Waals surface area contributed by atoms with Gasteiger partial charge in [0.05, 0.1) is 6.20 Å². The molecule has 20 heavy (non-hydrogen) atoms. The van der Waals surface area contributed by atoms with Crippen LogP contribution in [-0.4, -0.2) is 26.9 Å². The van der Waals surface area contributed by atoms with Crippen molar-refractivity contribution >= 4 is 5.97 Å². The van der Waals surface area contributed by atoms with E-state index in [1.54, 1.807) is 10.9 Å². The Hall–Kier alpha value is -2.14. The molecule has 0 amide bonds. The molecule has 1 unspecified atom stereocenters. The summed E-state index contributed by atoms with van der Waals surface area (Å²) in [5.41, 5.74) is 2.68. The number of nitrogens with zero attached hydrogens (tertiary/aromatic N) is 2. The first-order valence-electron chi connectivity index (χ1n) is 6.55. The Balaban J connectivity index is 2.34. The second-order valence-corrected chi connectivity index (χ2v) is 5.12. The van der Waals surface area contributed by atoms with E-state index >= 15 is 0 Å². The van der Waals surface area contributed by atoms with Gasteiger partial charge in [-0.25, -0.2) is 0 Å². The summed E-state index contributed by atoms with van der Waals surface area (Å²) in [5, 5.41) is 16.6. The van der Waals surface area contributed by atoms with Gasteiger partial charge in [0.2, 0.25) is 0 Å². The molecule has 0 saturated carbocycles. The van der Waals surface area contributed by atoms with Crippen LogP contribution in [0.15, 0.2) is 36.7 Å². The Morgan fingerprint density at radius 2 is 2.10 bits per heavy atom. The van der Waals surface area contributed by atoms with Crippen molar-refractivity contribution in [3.05, 3.63) is 42.2 Å². The molecule has 0 aliphatic heterocycles. The molecule has 0 saturated heterocycles. The SMILES string of the molecule is CC(C)NC(C(=O)O)c1cccc(-c2cnn(C)c2)c1. The highest BCUT2D eigenvalue weighted by atomic mass is 16.4. The minimum absolute atomic E-state index is 0.0955. The molecule has 2 rings (SSSR count). The van der Waals surface area contributed by atoms with E-state index in [0.717, 1.165) is 16.7 Å². The number of hydrogen-bond acceptors (Lipinski definition) is 3. The number of nitrogens with one attached hydrogen (secondary N) is 1. The molecule has 0 bridgehead atoms. The zero-order valence-corrected chi connectivity index (χ0v) is 11.9. The van der Waals surface area contributed by atoms with Crippen LogP contribution < -0.4 is 5.32 Å². The number of carbonyl (C=O) groups is 1. The van der Waals surface area contributed by atoms with Crippen LogP contribution in [-0.2, 0) is 11.8 Å². The third-order valence-corrected chi connectivity index (χ3v) is 3.01. The summed E-state index contributed by atoms with van der Waals surface area (Å²) in [6.07, 6.45) is 3.68. The van der Waals surface area contributed by atoms with Gasteiger partial charge in [0.1, 0.15) is 6.04 Å². The van der Waals surface area contributed by atoms with Crippen molar-refractivity contribution in [3.63, 3.8) is 0 Å². The van der Waals surface area contributed by atoms with Gasteiger partial charge in [-0.1, -0.05) is 18.2 Å². The standard InChI is InChI=1S/C15H19N3O2/c1-10(2)17-14(15(19)20)12-6-4-5-11(7-12)13-8-16-18(3)9-13/h4-10,14,17H,1-3H3,(H,19,20). The topological polar surface area (TPSA) is 67.2 Å². The number of benzene rings is 1. The van der Waals surface area contributed by atoms with Crippen molar-refractivity contribution in [1.29, 1.82) is 0 Å². The quantitative estimate of drug-likeness (QED) is 0.876. The number of rotatable bonds is 5. The molecule has 5 heteroatoms. The third kappa shape index (κ3) is 3.24. The zero-order valence-electron chi connectivity index (χ0n) is 11.9. The molecule has 5 nitrogen and oxygen atoms in total. The third-order valence-electron chi connectivity index (χ3n) is 3.01. The van der Waals surface area contributed by atoms with Crippen LogP contribution in [0.25, 0.3) is 11.1 Å². The fourth-order valence-corrected chi connectivity index (χ4v) is 2.11. The maximum atomic E-state index is 11.4. The Morgan fingerprint density at radius 3 is 2.65 bits per heavy atom. The predicted molar refractivity (Wildman–Crippen MR) is 77.3 cm³/mol. The van der Waals surface area contributed by atoms with Crippen LogP contribution >= 0.6 is 0 Å². The molecule has 0 aliphatic rings. The van der Waals surface area contributed by atoms with Crippen LogP contribution in [0.1, 0.15) is 25.5 Å². The van der Waals surface area contributed by atoms with E-state index in [1.165, 1.54) is 0 Å². The number of aliphatic carboxylic acids is 1. The van der Waals surface area contributed by atoms with Gasteiger partial charge in [0, 0.05) is 24.8 Å². The highest BCUT2D eigenvalue weighted by Gasteiger charge is 2.20. The molecule has 0 radical (unpaired) electrons. The maximum Gasteiger partial charge on any atom is 0.325 e. The van der Waals surface area contributed by atoms with Crippen molar-refractivity contribution in [1.82, 2.24) is 15.1 Å². The van der Waals surface area contributed by atoms with Crippen molar-refractivity contribution < 1.29 is 9.90 Å². The lowest BCUT2D eigenvalue weighted by molar-refractivity contribution is -0.139. The van der Waals surface area contributed by atoms with Gasteiger partial charge in [0.25, 0.3) is 0 Å². The Kier molecular flexibility index (Phi) is 4.20. The van der Waals surface area contributed by atoms with Crippen LogP contribution in [0.3, 0.4) is 0 Å². The Labute approximate surface area is 118 Å². The van der Waals surface area contributed by atoms with Crippen molar-refractivity contribution in [2.24, 2.45) is 7.05 Å². The fourth-order valence-electron chi connectivity index (χ4n) is 2.11. The molecular formula is C15H19N3O2. The molecule has 2 aromatic rings. The minimum atomic E-state index is -0.873. The molecular weight excluding hydrogens is 254 g/mol. The highest BCUT2D eigenvalue weighted by Crippen LogP contribution is 2.23. The molecule has 0 spiro atoms. The van der Waals surface area contributed by atoms with Gasteiger partial charge in [0.15, 0.2) is 0 Å². The van der Waals surface area contributed by atoms with Crippen LogP contribution in [0.4, 0.5) is 0 Å². The minimum Gasteiger partial charge on any atom is -0.480 e. The molecule has 1 atom stereocenters. The normalized spacial score (nSPS) is 12.6. The lowest BCUT2D eigenvalue weighted by Crippen LogP contribution is -2.33. The van der Waals surface area contributed by atoms with E-state index in [0.29, 0.717) is 0 Å². The van der Waals surface area contributed by atoms with Gasteiger partial charge in [-0.3, -0.25) is 14.8 Å². The summed E-state index contributed by atoms with van der Waals surface area (Å²) in [6.45, 7) is 3.86. The van der Waals surface area contributed by atoms with E-state index in [1.807, 2.05) is 51.4 Å². The molecule has 1 aromatic carbocycles. The van der Waals surface area contributed by atoms with Crippen molar-refractivity contribution in [2.45, 2.75) is 25.9 Å². The number of carboxylic acid groups (broad SMARTS) is 1. The first kappa shape index (κ1) is 14.3. The van der Waals surface area contributed by atoms with E-state index in [4.69, 9.17) is 0 Å². The smallest absolute Gasteiger partial charge is 0.325 e. The lowest BCUT2D eigenvalue weighted by atomic mass is 10.0. The highest BCUT2D eigenvalue weighted by molar-refractivity contribution is 5.76. The first-order valence-corrected chi connectivity index (χ1v) is 6.55. The molecule has 1 aromatic heterocycles. The zero-order chi connectivity index (χ0) is 14.7. The van der Waals surface area contributed by atoms with Crippen molar-refractivity contribution in [3.8, 4) is 11.1 Å². The van der Waals surface area contributed by atoms with Gasteiger partial charge >= 0.3 is 5.97 Å². The van der Waals surface area contributed by atoms with Gasteiger partial charge < -0.3 is 5.11 Å². The summed E-state index contributed by atoms with van der Waals surface area (Å²) < 4.78 is 1.73. The Morgan fingerprint density at radius 1 is 1.35 bits per heavy atom. The van der Waals surface area contributed by atoms with Gasteiger partial charge in [-0.15, -0.1) is 0 Å². The average molecular weight is 273 g/mol. The van der Waals surface area contributed by atoms with Crippen LogP contribution in [0.2, 0.25) is 0 Å². The monoisotopic (exact) mass is 273 g/mol. The summed E-state index contributed by atoms with van der Waals surface area (Å²) in [6, 6.07) is 6.94. The molecule has 0 aliphatic carbocycles. The second kappa shape index (κ2) is 5.88. The number of aromatic nitrogens is 2. The molecule has 1 heterocycles. The molecule has 2 N–H and O–H groups in total. The first-order chi connectivity index (χ1) is 9.47. The Bertz CT molecular complexity index is 605. The average Bonchev–Trinajstić information content (AvgIpc) is 2.82. The molecule has 106 valence electrons. The van der Waals surface area contributed by atoms with E-state index in [2.05, 4.69) is 10.4 Å². The fraction of sp³-hybridized carbons (Fsp3) is 0.333. The largest absolute Gasteiger partial charge is 0.480 e. The number of carboxylic acids is 1. The lowest BCUT2D eigenvalue weighted by Gasteiger charge is -2.18. The van der Waals surface area contributed by atoms with E-state index in [-0.39, 0.29) is 6.04 Å². The number of aryl methyl sites for hydroxylation is 1. The molecule has 0 fully saturated rings. The van der Waals surface area contributed by atoms with Gasteiger partial charge in [-0.05, 0) is 31.0 Å². The van der Waals surface area contributed by atoms with Gasteiger partial charge in [-0.2, -0.15) is 5.10 Å². The summed E-state index contributed by atoms with van der Waals surface area (Å²) in [4.78, 5) is 11.4. The number of hydrogen-bond donors (Lipinski definition) is 2. The van der Waals surface area contributed by atoms with E-state index in [9.17, 15) is 9.90 Å². The summed E-state index contributed by atoms with van der Waals surface area (Å²) in [7, 11) is 1.85. The van der Waals surface area contributed by atoms with Crippen LogP contribution in [0.5, 0.6) is 0 Å². The second-order valence-electron chi connectivity index (χ2n) is 5.12. The summed E-state index contributed by atoms with van der Waals surface area (Å²) >= 11 is 0. The summed E-state index contributed by atoms with van der Waals surface area (Å²) in [5.74, 6) is -0.873. The van der Waals surface area contributed by atoms with Crippen molar-refractivity contribution in [2.75, 3.05) is 0 Å².